The number of anilines is 2. The van der Waals surface area contributed by atoms with Gasteiger partial charge >= 0.3 is 6.09 Å². The quantitative estimate of drug-likeness (QED) is 0.204. The molecule has 0 saturated carbocycles. The third-order valence-corrected chi connectivity index (χ3v) is 9.33. The van der Waals surface area contributed by atoms with Crippen LogP contribution in [-0.2, 0) is 20.7 Å². The molecule has 0 atom stereocenters. The number of rotatable bonds is 6. The van der Waals surface area contributed by atoms with Crippen molar-refractivity contribution in [1.82, 2.24) is 0 Å². The SMILES string of the molecule is CCC1(CC)OC(=O)Nc2ccc(-c3cccc(Cl)c3)cc21.CCC1(CC)OC(=S)Nc2ccc(-c3cccc(Cl)c3)cc21. The third-order valence-electron chi connectivity index (χ3n) is 8.67. The third kappa shape index (κ3) is 6.30. The predicted octanol–water partition coefficient (Wildman–Crippen LogP) is 11.3. The summed E-state index contributed by atoms with van der Waals surface area (Å²) in [4.78, 5) is 11.8. The Bertz CT molecular complexity index is 1570. The Kier molecular flexibility index (Phi) is 9.54. The van der Waals surface area contributed by atoms with Crippen LogP contribution >= 0.6 is 35.4 Å². The maximum absolute atomic E-state index is 11.8. The van der Waals surface area contributed by atoms with Crippen LogP contribution in [0.4, 0.5) is 16.2 Å². The van der Waals surface area contributed by atoms with Gasteiger partial charge in [-0.05, 0) is 109 Å². The average Bonchev–Trinajstić information content (AvgIpc) is 3.03. The number of benzene rings is 4. The van der Waals surface area contributed by atoms with E-state index in [0.717, 1.165) is 75.5 Å². The first-order valence-corrected chi connectivity index (χ1v) is 16.1. The van der Waals surface area contributed by atoms with Crippen LogP contribution in [0.5, 0.6) is 0 Å². The highest BCUT2D eigenvalue weighted by molar-refractivity contribution is 7.80. The lowest BCUT2D eigenvalue weighted by Crippen LogP contribution is -2.38. The van der Waals surface area contributed by atoms with E-state index in [1.165, 1.54) is 0 Å². The van der Waals surface area contributed by atoms with Gasteiger partial charge in [0.25, 0.3) is 5.17 Å². The molecule has 0 radical (unpaired) electrons. The summed E-state index contributed by atoms with van der Waals surface area (Å²) in [6.45, 7) is 8.34. The van der Waals surface area contributed by atoms with Crippen LogP contribution in [0.25, 0.3) is 22.3 Å². The van der Waals surface area contributed by atoms with Crippen LogP contribution in [0.15, 0.2) is 84.9 Å². The van der Waals surface area contributed by atoms with Crippen molar-refractivity contribution in [2.75, 3.05) is 10.6 Å². The molecule has 0 fully saturated rings. The van der Waals surface area contributed by atoms with Crippen LogP contribution in [-0.4, -0.2) is 11.3 Å². The number of hydrogen-bond donors (Lipinski definition) is 2. The molecule has 2 N–H and O–H groups in total. The summed E-state index contributed by atoms with van der Waals surface area (Å²) in [7, 11) is 0. The van der Waals surface area contributed by atoms with Crippen molar-refractivity contribution in [2.45, 2.75) is 64.6 Å². The van der Waals surface area contributed by atoms with Crippen LogP contribution in [0.3, 0.4) is 0 Å². The number of thiocarbonyl (C=S) groups is 1. The van der Waals surface area contributed by atoms with Crippen molar-refractivity contribution in [2.24, 2.45) is 0 Å². The number of fused-ring (bicyclic) bond motifs is 2. The molecule has 0 saturated heterocycles. The summed E-state index contributed by atoms with van der Waals surface area (Å²) in [5.74, 6) is 0. The summed E-state index contributed by atoms with van der Waals surface area (Å²) in [6, 6.07) is 28.0. The number of carbonyl (C=O) groups excluding carboxylic acids is 1. The molecule has 8 heteroatoms. The normalized spacial score (nSPS) is 15.7. The van der Waals surface area contributed by atoms with Gasteiger partial charge in [0.05, 0.1) is 5.69 Å². The molecule has 4 aromatic rings. The maximum atomic E-state index is 11.8. The van der Waals surface area contributed by atoms with Crippen molar-refractivity contribution in [3.63, 3.8) is 0 Å². The number of carbonyl (C=O) groups is 1. The van der Waals surface area contributed by atoms with E-state index in [-0.39, 0.29) is 11.7 Å². The summed E-state index contributed by atoms with van der Waals surface area (Å²) in [5, 5.41) is 7.84. The number of hydrogen-bond acceptors (Lipinski definition) is 4. The van der Waals surface area contributed by atoms with Crippen LogP contribution in [0, 0.1) is 0 Å². The van der Waals surface area contributed by atoms with Crippen molar-refractivity contribution in [3.05, 3.63) is 106 Å². The molecule has 0 aliphatic carbocycles. The highest BCUT2D eigenvalue weighted by Gasteiger charge is 2.39. The van der Waals surface area contributed by atoms with Gasteiger partial charge in [-0.3, -0.25) is 5.32 Å². The van der Waals surface area contributed by atoms with E-state index in [1.54, 1.807) is 0 Å². The predicted molar refractivity (Wildman–Crippen MR) is 186 cm³/mol. The van der Waals surface area contributed by atoms with Gasteiger partial charge in [0.15, 0.2) is 0 Å². The lowest BCUT2D eigenvalue weighted by molar-refractivity contribution is 0.00476. The van der Waals surface area contributed by atoms with Crippen LogP contribution in [0.2, 0.25) is 10.0 Å². The molecule has 228 valence electrons. The monoisotopic (exact) mass is 646 g/mol. The summed E-state index contributed by atoms with van der Waals surface area (Å²) < 4.78 is 11.6. The molecule has 6 rings (SSSR count). The van der Waals surface area contributed by atoms with Gasteiger partial charge in [-0.1, -0.05) is 87.3 Å². The number of halogens is 2. The standard InChI is InChI=1S/C18H18ClNO2.C18H18ClNOS/c1-3-18(4-2)15-11-13(12-6-5-7-14(19)10-12)8-9-16(15)20-17(21)22-18;1-3-18(4-2)15-11-13(12-6-5-7-14(19)10-12)8-9-16(15)20-17(22)21-18/h5-11H,3-4H2,1-2H3,(H,20,21);5-11H,3-4H2,1-2H3,(H,20,22). The Morgan fingerprint density at radius 2 is 1.05 bits per heavy atom. The lowest BCUT2D eigenvalue weighted by atomic mass is 9.84. The van der Waals surface area contributed by atoms with E-state index in [1.807, 2.05) is 68.4 Å². The van der Waals surface area contributed by atoms with E-state index in [4.69, 9.17) is 44.9 Å². The summed E-state index contributed by atoms with van der Waals surface area (Å²) in [6.07, 6.45) is 2.84. The second kappa shape index (κ2) is 13.2. The van der Waals surface area contributed by atoms with Gasteiger partial charge in [0, 0.05) is 26.9 Å². The minimum Gasteiger partial charge on any atom is -0.459 e. The number of cyclic esters (lactones) is 1. The molecule has 4 aromatic carbocycles. The molecule has 1 amide bonds. The van der Waals surface area contributed by atoms with E-state index in [9.17, 15) is 4.79 Å². The zero-order valence-corrected chi connectivity index (χ0v) is 27.6. The summed E-state index contributed by atoms with van der Waals surface area (Å²) in [5.41, 5.74) is 7.46. The van der Waals surface area contributed by atoms with Gasteiger partial charge < -0.3 is 14.8 Å². The molecule has 44 heavy (non-hydrogen) atoms. The topological polar surface area (TPSA) is 59.6 Å². The van der Waals surface area contributed by atoms with Crippen molar-refractivity contribution < 1.29 is 14.3 Å². The van der Waals surface area contributed by atoms with Crippen LogP contribution < -0.4 is 10.6 Å². The molecule has 0 spiro atoms. The molecule has 2 aliphatic rings. The van der Waals surface area contributed by atoms with E-state index in [2.05, 4.69) is 54.8 Å². The second-order valence-corrected chi connectivity index (χ2v) is 12.2. The zero-order valence-electron chi connectivity index (χ0n) is 25.3. The second-order valence-electron chi connectivity index (χ2n) is 11.0. The first-order valence-electron chi connectivity index (χ1n) is 15.0. The van der Waals surface area contributed by atoms with Crippen molar-refractivity contribution >= 4 is 58.1 Å². The zero-order chi connectivity index (χ0) is 31.5. The largest absolute Gasteiger partial charge is 0.459 e. The van der Waals surface area contributed by atoms with Crippen molar-refractivity contribution in [3.8, 4) is 22.3 Å². The first kappa shape index (κ1) is 31.8. The Labute approximate surface area is 274 Å². The minimum atomic E-state index is -0.563. The number of ether oxygens (including phenoxy) is 2. The fourth-order valence-electron chi connectivity index (χ4n) is 6.04. The number of nitrogens with one attached hydrogen (secondary N) is 2. The molecule has 5 nitrogen and oxygen atoms in total. The molecule has 0 bridgehead atoms. The Hall–Kier alpha value is -3.58. The van der Waals surface area contributed by atoms with Gasteiger partial charge in [-0.15, -0.1) is 0 Å². The van der Waals surface area contributed by atoms with Crippen LogP contribution in [0.1, 0.15) is 64.5 Å². The smallest absolute Gasteiger partial charge is 0.412 e. The summed E-state index contributed by atoms with van der Waals surface area (Å²) >= 11 is 17.5. The van der Waals surface area contributed by atoms with Gasteiger partial charge in [0.2, 0.25) is 0 Å². The Balaban J connectivity index is 0.000000175. The van der Waals surface area contributed by atoms with Gasteiger partial charge in [0.1, 0.15) is 11.2 Å². The fraction of sp³-hybridized carbons (Fsp3) is 0.278. The lowest BCUT2D eigenvalue weighted by Gasteiger charge is -2.39. The minimum absolute atomic E-state index is 0.355. The highest BCUT2D eigenvalue weighted by atomic mass is 35.5. The van der Waals surface area contributed by atoms with Gasteiger partial charge in [-0.2, -0.15) is 0 Å². The molecular weight excluding hydrogens is 611 g/mol. The highest BCUT2D eigenvalue weighted by Crippen LogP contribution is 2.44. The molecule has 0 aromatic heterocycles. The average molecular weight is 648 g/mol. The molecule has 2 heterocycles. The van der Waals surface area contributed by atoms with E-state index in [0.29, 0.717) is 10.2 Å². The first-order chi connectivity index (χ1) is 21.2. The molecular formula is C36H36Cl2N2O3S. The molecule has 0 unspecified atom stereocenters. The fourth-order valence-corrected chi connectivity index (χ4v) is 6.69. The van der Waals surface area contributed by atoms with Gasteiger partial charge in [-0.25, -0.2) is 4.79 Å². The molecule has 2 aliphatic heterocycles. The number of amides is 1. The van der Waals surface area contributed by atoms with E-state index < -0.39 is 5.60 Å². The Morgan fingerprint density at radius 3 is 1.50 bits per heavy atom. The van der Waals surface area contributed by atoms with Crippen molar-refractivity contribution in [1.29, 1.82) is 0 Å². The maximum Gasteiger partial charge on any atom is 0.412 e. The van der Waals surface area contributed by atoms with E-state index >= 15 is 0 Å². The Morgan fingerprint density at radius 1 is 0.614 bits per heavy atom.